The highest BCUT2D eigenvalue weighted by Crippen LogP contribution is 2.55. The number of hydrogen-bond acceptors (Lipinski definition) is 2. The molecule has 1 aliphatic heterocycles. The first-order valence-electron chi connectivity index (χ1n) is 8.59. The van der Waals surface area contributed by atoms with Gasteiger partial charge >= 0.3 is 6.09 Å². The molecule has 3 nitrogen and oxygen atoms in total. The van der Waals surface area contributed by atoms with Crippen molar-refractivity contribution < 1.29 is 13.9 Å². The Balaban J connectivity index is 1.71. The van der Waals surface area contributed by atoms with Gasteiger partial charge in [-0.15, -0.1) is 0 Å². The smallest absolute Gasteiger partial charge is 0.410 e. The van der Waals surface area contributed by atoms with E-state index in [0.717, 1.165) is 24.0 Å². The van der Waals surface area contributed by atoms with Crippen LogP contribution < -0.4 is 0 Å². The van der Waals surface area contributed by atoms with Gasteiger partial charge in [-0.25, -0.2) is 9.18 Å². The van der Waals surface area contributed by atoms with Gasteiger partial charge in [0.05, 0.1) is 0 Å². The third kappa shape index (κ3) is 2.62. The van der Waals surface area contributed by atoms with Crippen LogP contribution in [0.15, 0.2) is 12.1 Å². The van der Waals surface area contributed by atoms with Crippen molar-refractivity contribution in [1.29, 1.82) is 0 Å². The molecule has 3 aliphatic rings. The molecule has 0 atom stereocenters. The van der Waals surface area contributed by atoms with Crippen LogP contribution >= 0.6 is 0 Å². The van der Waals surface area contributed by atoms with Crippen molar-refractivity contribution in [1.82, 2.24) is 4.90 Å². The predicted molar refractivity (Wildman–Crippen MR) is 85.9 cm³/mol. The highest BCUT2D eigenvalue weighted by atomic mass is 19.1. The minimum atomic E-state index is -0.505. The Kier molecular flexibility index (Phi) is 3.07. The Labute approximate surface area is 136 Å². The number of carbonyl (C=O) groups excluding carboxylic acids is 1. The molecule has 23 heavy (non-hydrogen) atoms. The summed E-state index contributed by atoms with van der Waals surface area (Å²) in [6.45, 7) is 6.70. The molecule has 1 aromatic carbocycles. The minimum absolute atomic E-state index is 0.0919. The summed E-state index contributed by atoms with van der Waals surface area (Å²) in [6.07, 6.45) is 4.00. The number of benzene rings is 1. The average Bonchev–Trinajstić information content (AvgIpc) is 3.33. The SMILES string of the molecule is CC(C)(C)OC(=O)N1Cc2c(C3CC3)ccc(F)c2C2(CC2)C1. The first kappa shape index (κ1) is 15.0. The van der Waals surface area contributed by atoms with Crippen LogP contribution in [0.5, 0.6) is 0 Å². The monoisotopic (exact) mass is 317 g/mol. The number of fused-ring (bicyclic) bond motifs is 2. The van der Waals surface area contributed by atoms with Crippen LogP contribution in [0, 0.1) is 5.82 Å². The van der Waals surface area contributed by atoms with E-state index in [9.17, 15) is 9.18 Å². The Morgan fingerprint density at radius 3 is 2.57 bits per heavy atom. The highest BCUT2D eigenvalue weighted by Gasteiger charge is 2.53. The zero-order chi connectivity index (χ0) is 16.4. The summed E-state index contributed by atoms with van der Waals surface area (Å²) in [5, 5.41) is 0. The molecule has 1 amide bonds. The van der Waals surface area contributed by atoms with E-state index in [-0.39, 0.29) is 17.3 Å². The molecule has 2 aliphatic carbocycles. The fraction of sp³-hybridized carbons (Fsp3) is 0.632. The van der Waals surface area contributed by atoms with Crippen molar-refractivity contribution in [2.45, 2.75) is 69.9 Å². The van der Waals surface area contributed by atoms with Crippen molar-refractivity contribution in [3.8, 4) is 0 Å². The summed E-state index contributed by atoms with van der Waals surface area (Å²) in [7, 11) is 0. The lowest BCUT2D eigenvalue weighted by molar-refractivity contribution is 0.0194. The van der Waals surface area contributed by atoms with Crippen LogP contribution in [0.25, 0.3) is 0 Å². The Bertz CT molecular complexity index is 669. The number of ether oxygens (including phenoxy) is 1. The quantitative estimate of drug-likeness (QED) is 0.764. The molecule has 124 valence electrons. The summed E-state index contributed by atoms with van der Waals surface area (Å²) in [5.74, 6) is 0.462. The standard InChI is InChI=1S/C19H24FNO2/c1-18(2,3)23-17(22)21-10-14-13(12-4-5-12)6-7-15(20)16(14)19(11-21)8-9-19/h6-7,12H,4-5,8-11H2,1-3H3. The Morgan fingerprint density at radius 1 is 1.30 bits per heavy atom. The van der Waals surface area contributed by atoms with Crippen molar-refractivity contribution in [2.75, 3.05) is 6.54 Å². The molecule has 4 heteroatoms. The molecule has 1 aromatic rings. The van der Waals surface area contributed by atoms with Crippen molar-refractivity contribution in [3.05, 3.63) is 34.6 Å². The van der Waals surface area contributed by atoms with Crippen molar-refractivity contribution in [2.24, 2.45) is 0 Å². The first-order valence-corrected chi connectivity index (χ1v) is 8.59. The molecule has 0 bridgehead atoms. The second-order valence-corrected chi connectivity index (χ2v) is 8.38. The third-order valence-corrected chi connectivity index (χ3v) is 5.19. The summed E-state index contributed by atoms with van der Waals surface area (Å²) in [4.78, 5) is 14.3. The maximum Gasteiger partial charge on any atom is 0.410 e. The van der Waals surface area contributed by atoms with Crippen molar-refractivity contribution >= 4 is 6.09 Å². The fourth-order valence-electron chi connectivity index (χ4n) is 3.86. The van der Waals surface area contributed by atoms with Gasteiger partial charge in [0.2, 0.25) is 0 Å². The normalized spacial score (nSPS) is 22.0. The zero-order valence-corrected chi connectivity index (χ0v) is 14.1. The lowest BCUT2D eigenvalue weighted by Crippen LogP contribution is -2.44. The molecule has 2 saturated carbocycles. The van der Waals surface area contributed by atoms with E-state index in [0.29, 0.717) is 19.0 Å². The molecule has 0 saturated heterocycles. The van der Waals surface area contributed by atoms with E-state index in [1.807, 2.05) is 26.8 Å². The number of hydrogen-bond donors (Lipinski definition) is 0. The maximum absolute atomic E-state index is 14.5. The zero-order valence-electron chi connectivity index (χ0n) is 14.1. The molecule has 0 radical (unpaired) electrons. The number of rotatable bonds is 1. The number of halogens is 1. The van der Waals surface area contributed by atoms with Gasteiger partial charge in [0, 0.05) is 24.1 Å². The van der Waals surface area contributed by atoms with Gasteiger partial charge in [0.25, 0.3) is 0 Å². The minimum Gasteiger partial charge on any atom is -0.444 e. The molecular weight excluding hydrogens is 293 g/mol. The van der Waals surface area contributed by atoms with Crippen LogP contribution in [0.1, 0.15) is 69.1 Å². The van der Waals surface area contributed by atoms with Gasteiger partial charge in [0.15, 0.2) is 0 Å². The molecule has 1 spiro atoms. The molecule has 1 heterocycles. The molecule has 0 aromatic heterocycles. The molecule has 2 fully saturated rings. The van der Waals surface area contributed by atoms with E-state index >= 15 is 0 Å². The third-order valence-electron chi connectivity index (χ3n) is 5.19. The predicted octanol–water partition coefficient (Wildman–Crippen LogP) is 4.49. The van der Waals surface area contributed by atoms with E-state index in [1.165, 1.54) is 18.4 Å². The van der Waals surface area contributed by atoms with E-state index in [4.69, 9.17) is 4.74 Å². The number of nitrogens with zero attached hydrogens (tertiary/aromatic N) is 1. The highest BCUT2D eigenvalue weighted by molar-refractivity contribution is 5.70. The largest absolute Gasteiger partial charge is 0.444 e. The van der Waals surface area contributed by atoms with Gasteiger partial charge in [-0.3, -0.25) is 0 Å². The van der Waals surface area contributed by atoms with Gasteiger partial charge in [0.1, 0.15) is 11.4 Å². The lowest BCUT2D eigenvalue weighted by Gasteiger charge is -2.37. The Morgan fingerprint density at radius 2 is 2.00 bits per heavy atom. The summed E-state index contributed by atoms with van der Waals surface area (Å²) in [6, 6.07) is 3.57. The van der Waals surface area contributed by atoms with Crippen LogP contribution in [0.3, 0.4) is 0 Å². The molecular formula is C19H24FNO2. The molecule has 0 unspecified atom stereocenters. The second kappa shape index (κ2) is 4.71. The summed E-state index contributed by atoms with van der Waals surface area (Å²) >= 11 is 0. The van der Waals surface area contributed by atoms with Crippen LogP contribution in [0.4, 0.5) is 9.18 Å². The number of carbonyl (C=O) groups is 1. The fourth-order valence-corrected chi connectivity index (χ4v) is 3.86. The average molecular weight is 317 g/mol. The van der Waals surface area contributed by atoms with Crippen LogP contribution in [-0.2, 0) is 16.7 Å². The van der Waals surface area contributed by atoms with Gasteiger partial charge in [-0.2, -0.15) is 0 Å². The van der Waals surface area contributed by atoms with Crippen LogP contribution in [0.2, 0.25) is 0 Å². The molecule has 4 rings (SSSR count). The van der Waals surface area contributed by atoms with Gasteiger partial charge in [-0.05, 0) is 69.6 Å². The molecule has 0 N–H and O–H groups in total. The lowest BCUT2D eigenvalue weighted by atomic mass is 9.83. The van der Waals surface area contributed by atoms with Crippen molar-refractivity contribution in [3.63, 3.8) is 0 Å². The second-order valence-electron chi connectivity index (χ2n) is 8.38. The van der Waals surface area contributed by atoms with E-state index < -0.39 is 5.60 Å². The van der Waals surface area contributed by atoms with Gasteiger partial charge in [-0.1, -0.05) is 6.07 Å². The van der Waals surface area contributed by atoms with Crippen LogP contribution in [-0.4, -0.2) is 23.1 Å². The Hall–Kier alpha value is -1.58. The van der Waals surface area contributed by atoms with Gasteiger partial charge < -0.3 is 9.64 Å². The topological polar surface area (TPSA) is 29.5 Å². The number of amides is 1. The summed E-state index contributed by atoms with van der Waals surface area (Å²) in [5.41, 5.74) is 2.53. The van der Waals surface area contributed by atoms with E-state index in [2.05, 4.69) is 0 Å². The van der Waals surface area contributed by atoms with E-state index in [1.54, 1.807) is 11.0 Å². The first-order chi connectivity index (χ1) is 10.8. The summed E-state index contributed by atoms with van der Waals surface area (Å²) < 4.78 is 20.1. The maximum atomic E-state index is 14.5.